The zero-order valence-electron chi connectivity index (χ0n) is 13.0. The lowest BCUT2D eigenvalue weighted by Crippen LogP contribution is -2.04. The maximum atomic E-state index is 5.75. The Bertz CT molecular complexity index is 888. The Hall–Kier alpha value is -2.87. The average molecular weight is 386 g/mol. The smallest absolute Gasteiger partial charge is 0.229 e. The maximum Gasteiger partial charge on any atom is 0.229 e. The third kappa shape index (κ3) is 3.38. The summed E-state index contributed by atoms with van der Waals surface area (Å²) in [6, 6.07) is 7.92. The van der Waals surface area contributed by atoms with Crippen molar-refractivity contribution in [1.82, 2.24) is 20.2 Å². The minimum Gasteiger partial charge on any atom is -0.399 e. The van der Waals surface area contributed by atoms with Crippen LogP contribution in [0.25, 0.3) is 5.70 Å². The lowest BCUT2D eigenvalue weighted by Gasteiger charge is -2.11. The molecular formula is C16H16BrN7. The SMILES string of the molecule is C=C(N)c1c[nH]nc1Nc1nc(Nc2ccccc2C)ncc1Br. The van der Waals surface area contributed by atoms with E-state index in [1.165, 1.54) is 0 Å². The summed E-state index contributed by atoms with van der Waals surface area (Å²) in [5.41, 5.74) is 8.90. The van der Waals surface area contributed by atoms with Crippen LogP contribution in [0.4, 0.5) is 23.3 Å². The molecule has 0 aliphatic carbocycles. The predicted octanol–water partition coefficient (Wildman–Crippen LogP) is 3.69. The molecule has 0 radical (unpaired) electrons. The van der Waals surface area contributed by atoms with Gasteiger partial charge in [-0.25, -0.2) is 4.98 Å². The second-order valence-corrected chi connectivity index (χ2v) is 5.98. The fourth-order valence-corrected chi connectivity index (χ4v) is 2.38. The molecule has 122 valence electrons. The number of nitrogens with two attached hydrogens (primary N) is 1. The third-order valence-electron chi connectivity index (χ3n) is 3.36. The van der Waals surface area contributed by atoms with Gasteiger partial charge in [-0.15, -0.1) is 0 Å². The summed E-state index contributed by atoms with van der Waals surface area (Å²) in [6.45, 7) is 5.74. The van der Waals surface area contributed by atoms with Gasteiger partial charge in [0, 0.05) is 23.8 Å². The molecule has 1 aromatic carbocycles. The Morgan fingerprint density at radius 2 is 2.04 bits per heavy atom. The van der Waals surface area contributed by atoms with Crippen LogP contribution < -0.4 is 16.4 Å². The van der Waals surface area contributed by atoms with Gasteiger partial charge in [0.05, 0.1) is 10.0 Å². The lowest BCUT2D eigenvalue weighted by molar-refractivity contribution is 1.08. The van der Waals surface area contributed by atoms with Crippen molar-refractivity contribution in [2.75, 3.05) is 10.6 Å². The van der Waals surface area contributed by atoms with Crippen LogP contribution in [0.3, 0.4) is 0 Å². The minimum absolute atomic E-state index is 0.412. The van der Waals surface area contributed by atoms with E-state index >= 15 is 0 Å². The molecule has 0 saturated carbocycles. The number of rotatable bonds is 5. The van der Waals surface area contributed by atoms with E-state index in [0.717, 1.165) is 11.3 Å². The van der Waals surface area contributed by atoms with Gasteiger partial charge in [0.1, 0.15) is 0 Å². The Morgan fingerprint density at radius 3 is 2.79 bits per heavy atom. The first-order valence-electron chi connectivity index (χ1n) is 7.15. The van der Waals surface area contributed by atoms with Gasteiger partial charge >= 0.3 is 0 Å². The van der Waals surface area contributed by atoms with Crippen molar-refractivity contribution < 1.29 is 0 Å². The number of nitrogens with zero attached hydrogens (tertiary/aromatic N) is 3. The lowest BCUT2D eigenvalue weighted by atomic mass is 10.2. The van der Waals surface area contributed by atoms with Crippen LogP contribution in [-0.2, 0) is 0 Å². The van der Waals surface area contributed by atoms with E-state index in [1.54, 1.807) is 12.4 Å². The summed E-state index contributed by atoms with van der Waals surface area (Å²) < 4.78 is 0.703. The van der Waals surface area contributed by atoms with Gasteiger partial charge < -0.3 is 16.4 Å². The van der Waals surface area contributed by atoms with E-state index in [1.807, 2.05) is 31.2 Å². The topological polar surface area (TPSA) is 105 Å². The van der Waals surface area contributed by atoms with Crippen molar-refractivity contribution >= 4 is 44.9 Å². The molecular weight excluding hydrogens is 370 g/mol. The molecule has 0 spiro atoms. The van der Waals surface area contributed by atoms with Gasteiger partial charge in [-0.3, -0.25) is 5.10 Å². The van der Waals surface area contributed by atoms with Crippen molar-refractivity contribution in [1.29, 1.82) is 0 Å². The van der Waals surface area contributed by atoms with Crippen LogP contribution in [0, 0.1) is 6.92 Å². The number of para-hydroxylation sites is 1. The average Bonchev–Trinajstić information content (AvgIpc) is 3.01. The van der Waals surface area contributed by atoms with E-state index in [9.17, 15) is 0 Å². The van der Waals surface area contributed by atoms with Crippen LogP contribution in [0.5, 0.6) is 0 Å². The van der Waals surface area contributed by atoms with E-state index < -0.39 is 0 Å². The molecule has 8 heteroatoms. The van der Waals surface area contributed by atoms with Gasteiger partial charge in [-0.05, 0) is 34.5 Å². The highest BCUT2D eigenvalue weighted by Gasteiger charge is 2.12. The molecule has 0 atom stereocenters. The largest absolute Gasteiger partial charge is 0.399 e. The van der Waals surface area contributed by atoms with Gasteiger partial charge in [0.15, 0.2) is 11.6 Å². The second-order valence-electron chi connectivity index (χ2n) is 5.13. The highest BCUT2D eigenvalue weighted by Crippen LogP contribution is 2.27. The zero-order chi connectivity index (χ0) is 17.1. The van der Waals surface area contributed by atoms with Crippen LogP contribution in [0.15, 0.2) is 47.7 Å². The number of H-pyrrole nitrogens is 1. The molecule has 7 nitrogen and oxygen atoms in total. The fraction of sp³-hybridized carbons (Fsp3) is 0.0625. The normalized spacial score (nSPS) is 10.4. The molecule has 5 N–H and O–H groups in total. The fourth-order valence-electron chi connectivity index (χ4n) is 2.09. The first-order chi connectivity index (χ1) is 11.5. The Kier molecular flexibility index (Phi) is 4.48. The van der Waals surface area contributed by atoms with Gasteiger partial charge in [0.25, 0.3) is 0 Å². The predicted molar refractivity (Wildman–Crippen MR) is 99.3 cm³/mol. The van der Waals surface area contributed by atoms with Crippen LogP contribution in [0.1, 0.15) is 11.1 Å². The molecule has 0 amide bonds. The molecule has 0 fully saturated rings. The Morgan fingerprint density at radius 1 is 1.25 bits per heavy atom. The van der Waals surface area contributed by atoms with Crippen LogP contribution >= 0.6 is 15.9 Å². The molecule has 0 saturated heterocycles. The number of hydrogen-bond acceptors (Lipinski definition) is 6. The first-order valence-corrected chi connectivity index (χ1v) is 7.94. The molecule has 24 heavy (non-hydrogen) atoms. The quantitative estimate of drug-likeness (QED) is 0.533. The summed E-state index contributed by atoms with van der Waals surface area (Å²) in [5, 5.41) is 13.2. The summed E-state index contributed by atoms with van der Waals surface area (Å²) in [4.78, 5) is 8.76. The van der Waals surface area contributed by atoms with E-state index in [2.05, 4.69) is 53.3 Å². The van der Waals surface area contributed by atoms with Crippen LogP contribution in [0.2, 0.25) is 0 Å². The number of benzene rings is 1. The van der Waals surface area contributed by atoms with Crippen molar-refractivity contribution in [3.63, 3.8) is 0 Å². The molecule has 0 bridgehead atoms. The Labute approximate surface area is 147 Å². The van der Waals surface area contributed by atoms with Crippen molar-refractivity contribution in [3.05, 3.63) is 58.8 Å². The standard InChI is InChI=1S/C16H16BrN7/c1-9-5-3-4-6-13(9)21-16-19-8-12(17)15(23-16)22-14-11(10(2)18)7-20-24-14/h3-8H,2,18H2,1H3,(H3,19,20,21,22,23,24). The molecule has 3 aromatic rings. The number of hydrogen-bond donors (Lipinski definition) is 4. The molecule has 2 heterocycles. The van der Waals surface area contributed by atoms with E-state index in [-0.39, 0.29) is 0 Å². The van der Waals surface area contributed by atoms with Crippen molar-refractivity contribution in [2.45, 2.75) is 6.92 Å². The molecule has 0 aliphatic rings. The highest BCUT2D eigenvalue weighted by atomic mass is 79.9. The number of halogens is 1. The minimum atomic E-state index is 0.412. The van der Waals surface area contributed by atoms with Gasteiger partial charge in [-0.2, -0.15) is 10.1 Å². The highest BCUT2D eigenvalue weighted by molar-refractivity contribution is 9.10. The monoisotopic (exact) mass is 385 g/mol. The summed E-state index contributed by atoms with van der Waals surface area (Å²) in [7, 11) is 0. The third-order valence-corrected chi connectivity index (χ3v) is 3.94. The molecule has 2 aromatic heterocycles. The zero-order valence-corrected chi connectivity index (χ0v) is 14.6. The molecule has 0 aliphatic heterocycles. The molecule has 3 rings (SSSR count). The molecule has 0 unspecified atom stereocenters. The summed E-state index contributed by atoms with van der Waals surface area (Å²) in [5.74, 6) is 1.58. The first kappa shape index (κ1) is 16.0. The number of anilines is 4. The maximum absolute atomic E-state index is 5.75. The number of aromatic nitrogens is 4. The van der Waals surface area contributed by atoms with Crippen molar-refractivity contribution in [2.24, 2.45) is 5.73 Å². The number of aromatic amines is 1. The summed E-state index contributed by atoms with van der Waals surface area (Å²) >= 11 is 3.43. The number of nitrogens with one attached hydrogen (secondary N) is 3. The van der Waals surface area contributed by atoms with Crippen molar-refractivity contribution in [3.8, 4) is 0 Å². The second kappa shape index (κ2) is 6.71. The van der Waals surface area contributed by atoms with Gasteiger partial charge in [0.2, 0.25) is 5.95 Å². The summed E-state index contributed by atoms with van der Waals surface area (Å²) in [6.07, 6.45) is 3.34. The van der Waals surface area contributed by atoms with Crippen LogP contribution in [-0.4, -0.2) is 20.2 Å². The van der Waals surface area contributed by atoms with Gasteiger partial charge in [-0.1, -0.05) is 24.8 Å². The van der Waals surface area contributed by atoms with E-state index in [4.69, 9.17) is 5.73 Å². The number of aryl methyl sites for hydroxylation is 1. The Balaban J connectivity index is 1.88. The van der Waals surface area contributed by atoms with E-state index in [0.29, 0.717) is 33.3 Å².